The molecule has 1 saturated carbocycles. The number of ether oxygens (including phenoxy) is 1. The molecule has 0 aliphatic heterocycles. The van der Waals surface area contributed by atoms with Crippen LogP contribution in [0.1, 0.15) is 43.6 Å². The lowest BCUT2D eigenvalue weighted by Crippen LogP contribution is -2.30. The maximum absolute atomic E-state index is 5.11. The third kappa shape index (κ3) is 4.63. The first-order valence-electron chi connectivity index (χ1n) is 7.66. The third-order valence-corrected chi connectivity index (χ3v) is 4.29. The first-order valence-corrected chi connectivity index (χ1v) is 7.66. The molecule has 0 saturated heterocycles. The van der Waals surface area contributed by atoms with Gasteiger partial charge in [-0.3, -0.25) is 0 Å². The summed E-state index contributed by atoms with van der Waals surface area (Å²) >= 11 is 0. The Bertz CT molecular complexity index is 332. The molecule has 1 aliphatic carbocycles. The highest BCUT2D eigenvalue weighted by Crippen LogP contribution is 2.35. The Kier molecular flexibility index (Phi) is 6.38. The molecule has 0 spiro atoms. The fourth-order valence-electron chi connectivity index (χ4n) is 3.23. The molecule has 19 heavy (non-hydrogen) atoms. The van der Waals surface area contributed by atoms with Crippen LogP contribution in [0.15, 0.2) is 30.3 Å². The lowest BCUT2D eigenvalue weighted by molar-refractivity contribution is 0.196. The summed E-state index contributed by atoms with van der Waals surface area (Å²) in [5.41, 5.74) is 1.50. The number of rotatable bonds is 7. The number of hydrogen-bond donors (Lipinski definition) is 1. The van der Waals surface area contributed by atoms with Gasteiger partial charge in [0.2, 0.25) is 0 Å². The van der Waals surface area contributed by atoms with Gasteiger partial charge in [0.1, 0.15) is 0 Å². The summed E-state index contributed by atoms with van der Waals surface area (Å²) in [5.74, 6) is 1.52. The SMILES string of the molecule is COCCNCC(c1ccccc1)C1CCCCC1. The molecule has 0 amide bonds. The zero-order valence-corrected chi connectivity index (χ0v) is 12.1. The van der Waals surface area contributed by atoms with Crippen LogP contribution < -0.4 is 5.32 Å². The van der Waals surface area contributed by atoms with Crippen molar-refractivity contribution in [3.8, 4) is 0 Å². The van der Waals surface area contributed by atoms with Gasteiger partial charge in [-0.15, -0.1) is 0 Å². The quantitative estimate of drug-likeness (QED) is 0.757. The van der Waals surface area contributed by atoms with E-state index in [1.165, 1.54) is 37.7 Å². The van der Waals surface area contributed by atoms with Crippen molar-refractivity contribution in [1.29, 1.82) is 0 Å². The molecule has 1 fully saturated rings. The average molecular weight is 261 g/mol. The summed E-state index contributed by atoms with van der Waals surface area (Å²) in [5, 5.41) is 3.56. The van der Waals surface area contributed by atoms with Crippen molar-refractivity contribution < 1.29 is 4.74 Å². The van der Waals surface area contributed by atoms with Crippen LogP contribution in [0.2, 0.25) is 0 Å². The van der Waals surface area contributed by atoms with E-state index < -0.39 is 0 Å². The number of hydrogen-bond acceptors (Lipinski definition) is 2. The zero-order chi connectivity index (χ0) is 13.3. The minimum Gasteiger partial charge on any atom is -0.383 e. The predicted molar refractivity (Wildman–Crippen MR) is 80.5 cm³/mol. The van der Waals surface area contributed by atoms with Crippen molar-refractivity contribution in [3.63, 3.8) is 0 Å². The van der Waals surface area contributed by atoms with Gasteiger partial charge in [-0.1, -0.05) is 49.6 Å². The van der Waals surface area contributed by atoms with Crippen LogP contribution in [0.3, 0.4) is 0 Å². The number of methoxy groups -OCH3 is 1. The van der Waals surface area contributed by atoms with E-state index in [1.54, 1.807) is 7.11 Å². The molecule has 0 bridgehead atoms. The van der Waals surface area contributed by atoms with E-state index in [-0.39, 0.29) is 0 Å². The van der Waals surface area contributed by atoms with E-state index >= 15 is 0 Å². The van der Waals surface area contributed by atoms with Crippen LogP contribution in [0.5, 0.6) is 0 Å². The molecule has 1 aromatic rings. The van der Waals surface area contributed by atoms with E-state index in [9.17, 15) is 0 Å². The van der Waals surface area contributed by atoms with Crippen LogP contribution in [0.25, 0.3) is 0 Å². The monoisotopic (exact) mass is 261 g/mol. The van der Waals surface area contributed by atoms with E-state index in [2.05, 4.69) is 35.6 Å². The van der Waals surface area contributed by atoms with Crippen molar-refractivity contribution in [2.24, 2.45) is 5.92 Å². The maximum Gasteiger partial charge on any atom is 0.0587 e. The molecule has 1 unspecified atom stereocenters. The van der Waals surface area contributed by atoms with Crippen LogP contribution in [0.4, 0.5) is 0 Å². The van der Waals surface area contributed by atoms with Gasteiger partial charge in [0.15, 0.2) is 0 Å². The van der Waals surface area contributed by atoms with Crippen LogP contribution >= 0.6 is 0 Å². The van der Waals surface area contributed by atoms with Gasteiger partial charge in [0, 0.05) is 20.2 Å². The summed E-state index contributed by atoms with van der Waals surface area (Å²) < 4.78 is 5.11. The molecule has 0 aromatic heterocycles. The van der Waals surface area contributed by atoms with Crippen molar-refractivity contribution in [2.75, 3.05) is 26.8 Å². The van der Waals surface area contributed by atoms with Gasteiger partial charge in [0.25, 0.3) is 0 Å². The Morgan fingerprint density at radius 2 is 1.89 bits per heavy atom. The van der Waals surface area contributed by atoms with Gasteiger partial charge in [0.05, 0.1) is 6.61 Å². The van der Waals surface area contributed by atoms with E-state index in [0.717, 1.165) is 25.6 Å². The molecule has 1 N–H and O–H groups in total. The number of nitrogens with one attached hydrogen (secondary N) is 1. The Balaban J connectivity index is 1.96. The van der Waals surface area contributed by atoms with Crippen molar-refractivity contribution >= 4 is 0 Å². The molecule has 0 heterocycles. The maximum atomic E-state index is 5.11. The van der Waals surface area contributed by atoms with Crippen molar-refractivity contribution in [3.05, 3.63) is 35.9 Å². The molecule has 2 nitrogen and oxygen atoms in total. The fraction of sp³-hybridized carbons (Fsp3) is 0.647. The van der Waals surface area contributed by atoms with Gasteiger partial charge in [-0.25, -0.2) is 0 Å². The second-order valence-electron chi connectivity index (χ2n) is 5.61. The standard InChI is InChI=1S/C17H27NO/c1-19-13-12-18-14-17(15-8-4-2-5-9-15)16-10-6-3-7-11-16/h2,4-5,8-9,16-18H,3,6-7,10-14H2,1H3. The van der Waals surface area contributed by atoms with Gasteiger partial charge in [-0.05, 0) is 30.2 Å². The summed E-state index contributed by atoms with van der Waals surface area (Å²) in [6.07, 6.45) is 7.03. The zero-order valence-electron chi connectivity index (χ0n) is 12.1. The minimum absolute atomic E-state index is 0.665. The second kappa shape index (κ2) is 8.34. The Labute approximate surface area is 117 Å². The molecule has 1 aliphatic rings. The summed E-state index contributed by atoms with van der Waals surface area (Å²) in [6.45, 7) is 2.83. The lowest BCUT2D eigenvalue weighted by atomic mass is 9.77. The molecule has 2 rings (SSSR count). The Morgan fingerprint density at radius 1 is 1.16 bits per heavy atom. The molecule has 1 aromatic carbocycles. The van der Waals surface area contributed by atoms with Gasteiger partial charge >= 0.3 is 0 Å². The molecule has 2 heteroatoms. The van der Waals surface area contributed by atoms with Gasteiger partial charge in [-0.2, -0.15) is 0 Å². The number of benzene rings is 1. The molecule has 106 valence electrons. The summed E-state index contributed by atoms with van der Waals surface area (Å²) in [6, 6.07) is 11.0. The highest BCUT2D eigenvalue weighted by Gasteiger charge is 2.24. The van der Waals surface area contributed by atoms with E-state index in [0.29, 0.717) is 5.92 Å². The molecule has 0 radical (unpaired) electrons. The van der Waals surface area contributed by atoms with Gasteiger partial charge < -0.3 is 10.1 Å². The molecule has 1 atom stereocenters. The Morgan fingerprint density at radius 3 is 2.58 bits per heavy atom. The van der Waals surface area contributed by atoms with Crippen LogP contribution in [-0.4, -0.2) is 26.8 Å². The molecular weight excluding hydrogens is 234 g/mol. The van der Waals surface area contributed by atoms with Crippen molar-refractivity contribution in [2.45, 2.75) is 38.0 Å². The summed E-state index contributed by atoms with van der Waals surface area (Å²) in [7, 11) is 1.76. The first kappa shape index (κ1) is 14.5. The lowest BCUT2D eigenvalue weighted by Gasteiger charge is -2.31. The van der Waals surface area contributed by atoms with E-state index in [1.807, 2.05) is 0 Å². The van der Waals surface area contributed by atoms with E-state index in [4.69, 9.17) is 4.74 Å². The normalized spacial score (nSPS) is 18.4. The molecular formula is C17H27NO. The highest BCUT2D eigenvalue weighted by molar-refractivity contribution is 5.21. The fourth-order valence-corrected chi connectivity index (χ4v) is 3.23. The predicted octanol–water partition coefficient (Wildman–Crippen LogP) is 3.59. The second-order valence-corrected chi connectivity index (χ2v) is 5.61. The topological polar surface area (TPSA) is 21.3 Å². The average Bonchev–Trinajstić information content (AvgIpc) is 2.49. The van der Waals surface area contributed by atoms with Crippen LogP contribution in [0, 0.1) is 5.92 Å². The first-order chi connectivity index (χ1) is 9.42. The third-order valence-electron chi connectivity index (χ3n) is 4.29. The van der Waals surface area contributed by atoms with Crippen molar-refractivity contribution in [1.82, 2.24) is 5.32 Å². The van der Waals surface area contributed by atoms with Crippen LogP contribution in [-0.2, 0) is 4.74 Å². The highest BCUT2D eigenvalue weighted by atomic mass is 16.5. The largest absolute Gasteiger partial charge is 0.383 e. The smallest absolute Gasteiger partial charge is 0.0587 e. The minimum atomic E-state index is 0.665. The Hall–Kier alpha value is -0.860. The summed E-state index contributed by atoms with van der Waals surface area (Å²) in [4.78, 5) is 0.